The van der Waals surface area contributed by atoms with Crippen LogP contribution in [-0.2, 0) is 9.84 Å². The second-order valence-corrected chi connectivity index (χ2v) is 7.01. The van der Waals surface area contributed by atoms with Crippen molar-refractivity contribution in [2.75, 3.05) is 19.3 Å². The van der Waals surface area contributed by atoms with E-state index in [1.54, 1.807) is 20.9 Å². The molecule has 1 fully saturated rings. The van der Waals surface area contributed by atoms with Crippen LogP contribution < -0.4 is 10.6 Å². The van der Waals surface area contributed by atoms with Crippen molar-refractivity contribution in [2.45, 2.75) is 38.0 Å². The zero-order valence-corrected chi connectivity index (χ0v) is 11.0. The molecule has 94 valence electrons. The van der Waals surface area contributed by atoms with Gasteiger partial charge in [0.15, 0.2) is 15.8 Å². The van der Waals surface area contributed by atoms with E-state index in [-0.39, 0.29) is 11.0 Å². The van der Waals surface area contributed by atoms with Crippen molar-refractivity contribution in [1.29, 1.82) is 0 Å². The zero-order valence-electron chi connectivity index (χ0n) is 10.2. The minimum Gasteiger partial charge on any atom is -0.355 e. The van der Waals surface area contributed by atoms with Gasteiger partial charge >= 0.3 is 0 Å². The average molecular weight is 247 g/mol. The van der Waals surface area contributed by atoms with Crippen molar-refractivity contribution in [3.8, 4) is 0 Å². The van der Waals surface area contributed by atoms with Crippen LogP contribution in [0.15, 0.2) is 4.99 Å². The number of hydrogen-bond donors (Lipinski definition) is 2. The highest BCUT2D eigenvalue weighted by Gasteiger charge is 2.22. The van der Waals surface area contributed by atoms with E-state index < -0.39 is 9.84 Å². The normalized spacial score (nSPS) is 17.6. The second kappa shape index (κ2) is 5.52. The summed E-state index contributed by atoms with van der Waals surface area (Å²) < 4.78 is 23.1. The van der Waals surface area contributed by atoms with E-state index in [4.69, 9.17) is 0 Å². The zero-order chi connectivity index (χ0) is 12.2. The number of hydrogen-bond acceptors (Lipinski definition) is 3. The summed E-state index contributed by atoms with van der Waals surface area (Å²) in [7, 11) is -1.27. The van der Waals surface area contributed by atoms with Gasteiger partial charge in [-0.25, -0.2) is 8.42 Å². The van der Waals surface area contributed by atoms with Crippen LogP contribution in [0, 0.1) is 0 Å². The molecule has 1 saturated carbocycles. The van der Waals surface area contributed by atoms with E-state index in [0.29, 0.717) is 18.5 Å². The molecule has 0 heterocycles. The molecule has 0 aromatic carbocycles. The van der Waals surface area contributed by atoms with Crippen molar-refractivity contribution in [3.05, 3.63) is 0 Å². The van der Waals surface area contributed by atoms with Crippen LogP contribution in [0.1, 0.15) is 26.7 Å². The fraction of sp³-hybridized carbons (Fsp3) is 0.900. The van der Waals surface area contributed by atoms with E-state index in [2.05, 4.69) is 15.6 Å². The van der Waals surface area contributed by atoms with Gasteiger partial charge in [-0.05, 0) is 26.7 Å². The van der Waals surface area contributed by atoms with Gasteiger partial charge in [0.05, 0.1) is 11.0 Å². The lowest BCUT2D eigenvalue weighted by atomic mass is 10.6. The van der Waals surface area contributed by atoms with Crippen molar-refractivity contribution >= 4 is 15.8 Å². The molecule has 0 aromatic rings. The standard InChI is InChI=1S/C10H21N3O2S/c1-8(2)16(14,15)7-6-12-10(11-3)13-9-4-5-9/h8-9H,4-7H2,1-3H3,(H2,11,12,13). The quantitative estimate of drug-likeness (QED) is 0.535. The van der Waals surface area contributed by atoms with E-state index in [1.165, 1.54) is 12.8 Å². The monoisotopic (exact) mass is 247 g/mol. The fourth-order valence-electron chi connectivity index (χ4n) is 1.16. The third kappa shape index (κ3) is 4.38. The minimum absolute atomic E-state index is 0.149. The number of nitrogens with zero attached hydrogens (tertiary/aromatic N) is 1. The molecule has 6 heteroatoms. The highest BCUT2D eigenvalue weighted by molar-refractivity contribution is 7.92. The van der Waals surface area contributed by atoms with Gasteiger partial charge in [-0.15, -0.1) is 0 Å². The molecule has 0 aliphatic heterocycles. The molecule has 0 amide bonds. The summed E-state index contributed by atoms with van der Waals surface area (Å²) >= 11 is 0. The Morgan fingerprint density at radius 1 is 1.44 bits per heavy atom. The Labute approximate surface area is 97.6 Å². The molecule has 2 N–H and O–H groups in total. The van der Waals surface area contributed by atoms with Crippen LogP contribution in [0.2, 0.25) is 0 Å². The number of guanidine groups is 1. The van der Waals surface area contributed by atoms with Gasteiger partial charge in [0.2, 0.25) is 0 Å². The number of rotatable bonds is 5. The molecule has 16 heavy (non-hydrogen) atoms. The number of nitrogens with one attached hydrogen (secondary N) is 2. The molecule has 0 atom stereocenters. The largest absolute Gasteiger partial charge is 0.355 e. The molecule has 0 unspecified atom stereocenters. The second-order valence-electron chi connectivity index (χ2n) is 4.33. The first-order valence-electron chi connectivity index (χ1n) is 5.64. The van der Waals surface area contributed by atoms with Gasteiger partial charge in [0, 0.05) is 19.6 Å². The molecule has 1 aliphatic rings. The van der Waals surface area contributed by atoms with E-state index in [9.17, 15) is 8.42 Å². The highest BCUT2D eigenvalue weighted by atomic mass is 32.2. The topological polar surface area (TPSA) is 70.6 Å². The first-order chi connectivity index (χ1) is 7.45. The van der Waals surface area contributed by atoms with Gasteiger partial charge in [-0.2, -0.15) is 0 Å². The lowest BCUT2D eigenvalue weighted by molar-refractivity contribution is 0.586. The fourth-order valence-corrected chi connectivity index (χ4v) is 2.02. The molecule has 0 bridgehead atoms. The van der Waals surface area contributed by atoms with Crippen LogP contribution in [0.4, 0.5) is 0 Å². The molecule has 1 aliphatic carbocycles. The molecule has 0 aromatic heterocycles. The Bertz CT molecular complexity index is 345. The molecule has 0 radical (unpaired) electrons. The maximum absolute atomic E-state index is 11.5. The minimum atomic E-state index is -2.96. The van der Waals surface area contributed by atoms with Crippen LogP contribution in [0.5, 0.6) is 0 Å². The maximum Gasteiger partial charge on any atom is 0.191 e. The first kappa shape index (κ1) is 13.3. The van der Waals surface area contributed by atoms with Crippen LogP contribution in [0.3, 0.4) is 0 Å². The molecular formula is C10H21N3O2S. The highest BCUT2D eigenvalue weighted by Crippen LogP contribution is 2.18. The Kier molecular flexibility index (Phi) is 4.58. The average Bonchev–Trinajstić information content (AvgIpc) is 2.99. The Morgan fingerprint density at radius 2 is 2.06 bits per heavy atom. The summed E-state index contributed by atoms with van der Waals surface area (Å²) in [6.07, 6.45) is 2.34. The van der Waals surface area contributed by atoms with Gasteiger partial charge in [0.25, 0.3) is 0 Å². The Morgan fingerprint density at radius 3 is 2.50 bits per heavy atom. The maximum atomic E-state index is 11.5. The van der Waals surface area contributed by atoms with E-state index in [0.717, 1.165) is 0 Å². The van der Waals surface area contributed by atoms with Crippen LogP contribution in [-0.4, -0.2) is 45.0 Å². The number of sulfone groups is 1. The summed E-state index contributed by atoms with van der Waals surface area (Å²) in [5, 5.41) is 5.90. The van der Waals surface area contributed by atoms with Crippen LogP contribution in [0.25, 0.3) is 0 Å². The van der Waals surface area contributed by atoms with E-state index >= 15 is 0 Å². The molecule has 0 saturated heterocycles. The molecule has 0 spiro atoms. The predicted molar refractivity (Wildman–Crippen MR) is 66.4 cm³/mol. The van der Waals surface area contributed by atoms with E-state index in [1.807, 2.05) is 0 Å². The van der Waals surface area contributed by atoms with Crippen molar-refractivity contribution in [3.63, 3.8) is 0 Å². The van der Waals surface area contributed by atoms with Crippen molar-refractivity contribution < 1.29 is 8.42 Å². The molecule has 5 nitrogen and oxygen atoms in total. The van der Waals surface area contributed by atoms with Crippen molar-refractivity contribution in [1.82, 2.24) is 10.6 Å². The third-order valence-corrected chi connectivity index (χ3v) is 4.75. The van der Waals surface area contributed by atoms with Gasteiger partial charge < -0.3 is 10.6 Å². The van der Waals surface area contributed by atoms with Gasteiger partial charge in [-0.3, -0.25) is 4.99 Å². The van der Waals surface area contributed by atoms with Crippen molar-refractivity contribution in [2.24, 2.45) is 4.99 Å². The Balaban J connectivity index is 2.28. The summed E-state index contributed by atoms with van der Waals surface area (Å²) in [6, 6.07) is 0.521. The molecular weight excluding hydrogens is 226 g/mol. The Hall–Kier alpha value is -0.780. The smallest absolute Gasteiger partial charge is 0.191 e. The lowest BCUT2D eigenvalue weighted by Crippen LogP contribution is -2.41. The SMILES string of the molecule is CN=C(NCCS(=O)(=O)C(C)C)NC1CC1. The summed E-state index contributed by atoms with van der Waals surface area (Å²) in [6.45, 7) is 3.81. The summed E-state index contributed by atoms with van der Waals surface area (Å²) in [5.41, 5.74) is 0. The lowest BCUT2D eigenvalue weighted by Gasteiger charge is -2.12. The molecule has 1 rings (SSSR count). The van der Waals surface area contributed by atoms with Crippen LogP contribution >= 0.6 is 0 Å². The first-order valence-corrected chi connectivity index (χ1v) is 7.36. The third-order valence-electron chi connectivity index (χ3n) is 2.54. The summed E-state index contributed by atoms with van der Waals surface area (Å²) in [4.78, 5) is 4.03. The summed E-state index contributed by atoms with van der Waals surface area (Å²) in [5.74, 6) is 0.845. The van der Waals surface area contributed by atoms with Gasteiger partial charge in [-0.1, -0.05) is 0 Å². The number of aliphatic imine (C=N–C) groups is 1. The van der Waals surface area contributed by atoms with Gasteiger partial charge in [0.1, 0.15) is 0 Å². The predicted octanol–water partition coefficient (Wildman–Crippen LogP) is 0.137.